The van der Waals surface area contributed by atoms with E-state index < -0.39 is 16.6 Å². The fourth-order valence-electron chi connectivity index (χ4n) is 2.62. The first-order valence-corrected chi connectivity index (χ1v) is 16.3. The van der Waals surface area contributed by atoms with E-state index in [-0.39, 0.29) is 12.2 Å². The van der Waals surface area contributed by atoms with Gasteiger partial charge < -0.3 is 8.85 Å². The van der Waals surface area contributed by atoms with Gasteiger partial charge in [-0.25, -0.2) is 0 Å². The molecule has 0 heterocycles. The SMILES string of the molecule is CCCCC(O[Si](C)(C)C)[C@H](O[Si](C)(C)C)c1c(Cl)cccc1Cl. The van der Waals surface area contributed by atoms with Crippen molar-refractivity contribution in [2.75, 3.05) is 0 Å². The molecule has 0 radical (unpaired) electrons. The minimum Gasteiger partial charge on any atom is -0.412 e. The van der Waals surface area contributed by atoms with Crippen LogP contribution in [0.5, 0.6) is 0 Å². The zero-order valence-corrected chi connectivity index (χ0v) is 19.6. The van der Waals surface area contributed by atoms with Crippen molar-refractivity contribution < 1.29 is 8.85 Å². The average molecular weight is 408 g/mol. The first-order chi connectivity index (χ1) is 10.9. The second-order valence-corrected chi connectivity index (χ2v) is 17.9. The molecule has 1 aromatic rings. The van der Waals surface area contributed by atoms with Gasteiger partial charge in [-0.15, -0.1) is 0 Å². The molecule has 0 bridgehead atoms. The van der Waals surface area contributed by atoms with Crippen molar-refractivity contribution in [1.82, 2.24) is 0 Å². The molecule has 0 N–H and O–H groups in total. The lowest BCUT2D eigenvalue weighted by atomic mass is 10.00. The maximum absolute atomic E-state index is 6.56. The normalized spacial score (nSPS) is 15.4. The van der Waals surface area contributed by atoms with E-state index in [2.05, 4.69) is 46.2 Å². The van der Waals surface area contributed by atoms with Crippen LogP contribution in [-0.4, -0.2) is 22.7 Å². The van der Waals surface area contributed by atoms with Gasteiger partial charge in [-0.05, 0) is 57.8 Å². The Morgan fingerprint density at radius 2 is 1.42 bits per heavy atom. The van der Waals surface area contributed by atoms with Gasteiger partial charge in [0.15, 0.2) is 16.6 Å². The van der Waals surface area contributed by atoms with E-state index >= 15 is 0 Å². The smallest absolute Gasteiger partial charge is 0.184 e. The zero-order valence-electron chi connectivity index (χ0n) is 16.1. The number of halogens is 2. The van der Waals surface area contributed by atoms with E-state index in [0.717, 1.165) is 24.8 Å². The molecule has 2 atom stereocenters. The number of hydrogen-bond donors (Lipinski definition) is 0. The maximum atomic E-state index is 6.56. The molecule has 0 aliphatic rings. The van der Waals surface area contributed by atoms with Crippen molar-refractivity contribution in [2.45, 2.75) is 77.7 Å². The van der Waals surface area contributed by atoms with Crippen LogP contribution in [0, 0.1) is 0 Å². The molecule has 0 aliphatic heterocycles. The average Bonchev–Trinajstić information content (AvgIpc) is 2.39. The fourth-order valence-corrected chi connectivity index (χ4v) is 5.41. The van der Waals surface area contributed by atoms with Gasteiger partial charge in [0.1, 0.15) is 0 Å². The van der Waals surface area contributed by atoms with Gasteiger partial charge in [0.25, 0.3) is 0 Å². The van der Waals surface area contributed by atoms with Crippen molar-refractivity contribution in [3.8, 4) is 0 Å². The first-order valence-electron chi connectivity index (χ1n) is 8.74. The Morgan fingerprint density at radius 1 is 0.917 bits per heavy atom. The van der Waals surface area contributed by atoms with E-state index in [4.69, 9.17) is 32.1 Å². The standard InChI is InChI=1S/C18H32Cl2O2Si2/c1-8-9-13-16(21-23(2,3)4)18(22-24(5,6)7)17-14(19)11-10-12-15(17)20/h10-12,16,18H,8-9,13H2,1-7H3/t16?,18-/m0/s1. The highest BCUT2D eigenvalue weighted by Gasteiger charge is 2.35. The van der Waals surface area contributed by atoms with Crippen molar-refractivity contribution in [2.24, 2.45) is 0 Å². The van der Waals surface area contributed by atoms with Crippen molar-refractivity contribution >= 4 is 39.8 Å². The quantitative estimate of drug-likeness (QED) is 0.400. The Kier molecular flexibility index (Phi) is 8.50. The summed E-state index contributed by atoms with van der Waals surface area (Å²) in [5.74, 6) is 0. The lowest BCUT2D eigenvalue weighted by molar-refractivity contribution is 0.0363. The van der Waals surface area contributed by atoms with Gasteiger partial charge in [0, 0.05) is 15.6 Å². The highest BCUT2D eigenvalue weighted by Crippen LogP contribution is 2.39. The molecule has 1 aromatic carbocycles. The molecule has 0 spiro atoms. The van der Waals surface area contributed by atoms with Crippen LogP contribution in [0.1, 0.15) is 37.9 Å². The molecule has 1 unspecified atom stereocenters. The van der Waals surface area contributed by atoms with E-state index in [9.17, 15) is 0 Å². The molecule has 0 aromatic heterocycles. The molecule has 2 nitrogen and oxygen atoms in total. The minimum absolute atomic E-state index is 0.0132. The third-order valence-corrected chi connectivity index (χ3v) is 6.08. The molecule has 1 rings (SSSR count). The largest absolute Gasteiger partial charge is 0.412 e. The number of unbranched alkanes of at least 4 members (excludes halogenated alkanes) is 1. The van der Waals surface area contributed by atoms with Crippen LogP contribution in [0.3, 0.4) is 0 Å². The third kappa shape index (κ3) is 7.58. The summed E-state index contributed by atoms with van der Waals surface area (Å²) < 4.78 is 13.1. The van der Waals surface area contributed by atoms with Crippen LogP contribution >= 0.6 is 23.2 Å². The summed E-state index contributed by atoms with van der Waals surface area (Å²) >= 11 is 13.0. The summed E-state index contributed by atoms with van der Waals surface area (Å²) in [6.07, 6.45) is 2.96. The van der Waals surface area contributed by atoms with Gasteiger partial charge in [0.05, 0.1) is 12.2 Å². The molecule has 0 aliphatic carbocycles. The Morgan fingerprint density at radius 3 is 1.83 bits per heavy atom. The molecule has 0 fully saturated rings. The number of benzene rings is 1. The topological polar surface area (TPSA) is 18.5 Å². The van der Waals surface area contributed by atoms with Gasteiger partial charge in [-0.3, -0.25) is 0 Å². The molecule has 24 heavy (non-hydrogen) atoms. The van der Waals surface area contributed by atoms with Crippen molar-refractivity contribution in [1.29, 1.82) is 0 Å². The molecule has 0 saturated carbocycles. The summed E-state index contributed by atoms with van der Waals surface area (Å²) in [5.41, 5.74) is 0.877. The van der Waals surface area contributed by atoms with Gasteiger partial charge in [0.2, 0.25) is 0 Å². The van der Waals surface area contributed by atoms with E-state index in [1.54, 1.807) is 0 Å². The molecule has 138 valence electrons. The summed E-state index contributed by atoms with van der Waals surface area (Å²) in [6.45, 7) is 15.4. The van der Waals surface area contributed by atoms with Crippen LogP contribution in [0.15, 0.2) is 18.2 Å². The van der Waals surface area contributed by atoms with E-state index in [1.807, 2.05) is 18.2 Å². The first kappa shape index (κ1) is 22.2. The minimum atomic E-state index is -1.81. The van der Waals surface area contributed by atoms with Crippen LogP contribution in [0.25, 0.3) is 0 Å². The Balaban J connectivity index is 3.31. The Bertz CT molecular complexity index is 504. The van der Waals surface area contributed by atoms with Crippen LogP contribution in [-0.2, 0) is 8.85 Å². The van der Waals surface area contributed by atoms with E-state index in [0.29, 0.717) is 10.0 Å². The summed E-state index contributed by atoms with van der Waals surface area (Å²) in [6, 6.07) is 5.64. The molecular weight excluding hydrogens is 375 g/mol. The van der Waals surface area contributed by atoms with Gasteiger partial charge >= 0.3 is 0 Å². The lowest BCUT2D eigenvalue weighted by Crippen LogP contribution is -2.40. The Hall–Kier alpha value is 0.154. The lowest BCUT2D eigenvalue weighted by Gasteiger charge is -2.37. The van der Waals surface area contributed by atoms with Gasteiger partial charge in [-0.2, -0.15) is 0 Å². The number of rotatable bonds is 9. The van der Waals surface area contributed by atoms with Crippen molar-refractivity contribution in [3.05, 3.63) is 33.8 Å². The summed E-state index contributed by atoms with van der Waals surface area (Å²) in [5, 5.41) is 1.32. The van der Waals surface area contributed by atoms with Gasteiger partial charge in [-0.1, -0.05) is 49.0 Å². The van der Waals surface area contributed by atoms with Crippen LogP contribution < -0.4 is 0 Å². The second kappa shape index (κ2) is 9.20. The maximum Gasteiger partial charge on any atom is 0.184 e. The van der Waals surface area contributed by atoms with Crippen LogP contribution in [0.2, 0.25) is 49.3 Å². The predicted octanol–water partition coefficient (Wildman–Crippen LogP) is 7.30. The number of hydrogen-bond acceptors (Lipinski definition) is 2. The molecule has 6 heteroatoms. The highest BCUT2D eigenvalue weighted by atomic mass is 35.5. The zero-order chi connectivity index (χ0) is 18.5. The summed E-state index contributed by atoms with van der Waals surface area (Å²) in [7, 11) is -3.53. The monoisotopic (exact) mass is 406 g/mol. The molecule has 0 amide bonds. The summed E-state index contributed by atoms with van der Waals surface area (Å²) in [4.78, 5) is 0. The third-order valence-electron chi connectivity index (χ3n) is 3.45. The molecular formula is C18H32Cl2O2Si2. The van der Waals surface area contributed by atoms with Crippen LogP contribution in [0.4, 0.5) is 0 Å². The Labute approximate surface area is 160 Å². The highest BCUT2D eigenvalue weighted by molar-refractivity contribution is 6.70. The predicted molar refractivity (Wildman–Crippen MR) is 111 cm³/mol. The molecule has 0 saturated heterocycles. The van der Waals surface area contributed by atoms with E-state index in [1.165, 1.54) is 0 Å². The fraction of sp³-hybridized carbons (Fsp3) is 0.667. The van der Waals surface area contributed by atoms with Crippen molar-refractivity contribution in [3.63, 3.8) is 0 Å². The second-order valence-electron chi connectivity index (χ2n) is 8.20.